The number of benzene rings is 1. The molecule has 0 radical (unpaired) electrons. The van der Waals surface area contributed by atoms with Gasteiger partial charge in [0.2, 0.25) is 0 Å². The molecule has 2 aromatic rings. The van der Waals surface area contributed by atoms with Gasteiger partial charge in [0.15, 0.2) is 0 Å². The zero-order valence-electron chi connectivity index (χ0n) is 10.7. The Morgan fingerprint density at radius 3 is 2.84 bits per heavy atom. The minimum atomic E-state index is -0.231. The Hall–Kier alpha value is -1.26. The molecule has 0 fully saturated rings. The van der Waals surface area contributed by atoms with E-state index in [4.69, 9.17) is 0 Å². The molecule has 0 amide bonds. The molecule has 1 atom stereocenters. The van der Waals surface area contributed by atoms with Crippen molar-refractivity contribution in [1.29, 1.82) is 0 Å². The summed E-state index contributed by atoms with van der Waals surface area (Å²) in [5.41, 5.74) is 2.23. The van der Waals surface area contributed by atoms with Crippen LogP contribution in [0.25, 0.3) is 0 Å². The smallest absolute Gasteiger partial charge is 0.137 e. The van der Waals surface area contributed by atoms with Crippen molar-refractivity contribution in [1.82, 2.24) is 10.3 Å². The molecule has 1 aromatic carbocycles. The van der Waals surface area contributed by atoms with Gasteiger partial charge >= 0.3 is 0 Å². The van der Waals surface area contributed by atoms with Crippen molar-refractivity contribution in [3.8, 4) is 0 Å². The normalized spacial score (nSPS) is 12.4. The number of pyridine rings is 1. The molecule has 1 heterocycles. The van der Waals surface area contributed by atoms with E-state index in [9.17, 15) is 4.39 Å². The number of aromatic nitrogens is 1. The van der Waals surface area contributed by atoms with Gasteiger partial charge in [-0.25, -0.2) is 4.39 Å². The van der Waals surface area contributed by atoms with Crippen molar-refractivity contribution in [2.24, 2.45) is 0 Å². The van der Waals surface area contributed by atoms with Gasteiger partial charge in [-0.15, -0.1) is 0 Å². The van der Waals surface area contributed by atoms with Crippen molar-refractivity contribution in [3.63, 3.8) is 0 Å². The quantitative estimate of drug-likeness (QED) is 0.903. The Morgan fingerprint density at radius 2 is 2.21 bits per heavy atom. The lowest BCUT2D eigenvalue weighted by atomic mass is 10.0. The molecule has 0 aliphatic rings. The van der Waals surface area contributed by atoms with Gasteiger partial charge in [0.1, 0.15) is 5.82 Å². The van der Waals surface area contributed by atoms with E-state index in [1.54, 1.807) is 6.20 Å². The van der Waals surface area contributed by atoms with Crippen LogP contribution in [0.4, 0.5) is 4.39 Å². The van der Waals surface area contributed by atoms with Crippen LogP contribution in [0.3, 0.4) is 0 Å². The fourth-order valence-corrected chi connectivity index (χ4v) is 2.46. The number of hydrogen-bond donors (Lipinski definition) is 1. The highest BCUT2D eigenvalue weighted by Gasteiger charge is 2.12. The summed E-state index contributed by atoms with van der Waals surface area (Å²) >= 11 is 3.22. The van der Waals surface area contributed by atoms with Crippen LogP contribution in [0.5, 0.6) is 0 Å². The van der Waals surface area contributed by atoms with E-state index in [2.05, 4.69) is 39.2 Å². The Labute approximate surface area is 121 Å². The lowest BCUT2D eigenvalue weighted by molar-refractivity contribution is 0.547. The number of likely N-dealkylation sites (N-methyl/N-ethyl adjacent to an activating group) is 1. The second-order valence-electron chi connectivity index (χ2n) is 4.35. The average Bonchev–Trinajstić information content (AvgIpc) is 2.43. The Balaban J connectivity index is 2.19. The topological polar surface area (TPSA) is 24.9 Å². The van der Waals surface area contributed by atoms with E-state index in [1.165, 1.54) is 6.07 Å². The van der Waals surface area contributed by atoms with Crippen molar-refractivity contribution >= 4 is 15.9 Å². The monoisotopic (exact) mass is 322 g/mol. The van der Waals surface area contributed by atoms with Gasteiger partial charge in [-0.3, -0.25) is 4.98 Å². The Kier molecular flexibility index (Phi) is 5.05. The van der Waals surface area contributed by atoms with Crippen molar-refractivity contribution in [2.75, 3.05) is 6.54 Å². The van der Waals surface area contributed by atoms with E-state index in [1.807, 2.05) is 24.4 Å². The van der Waals surface area contributed by atoms with Crippen LogP contribution in [0.15, 0.2) is 47.2 Å². The summed E-state index contributed by atoms with van der Waals surface area (Å²) in [6.45, 7) is 2.95. The molecule has 1 aromatic heterocycles. The Bertz CT molecular complexity index is 531. The van der Waals surface area contributed by atoms with E-state index in [-0.39, 0.29) is 11.9 Å². The van der Waals surface area contributed by atoms with Crippen LogP contribution >= 0.6 is 15.9 Å². The van der Waals surface area contributed by atoms with E-state index in [0.717, 1.165) is 24.1 Å². The fraction of sp³-hybridized carbons (Fsp3) is 0.267. The summed E-state index contributed by atoms with van der Waals surface area (Å²) in [7, 11) is 0. The van der Waals surface area contributed by atoms with Crippen molar-refractivity contribution in [3.05, 3.63) is 64.1 Å². The molecule has 4 heteroatoms. The highest BCUT2D eigenvalue weighted by Crippen LogP contribution is 2.22. The van der Waals surface area contributed by atoms with Crippen LogP contribution in [0, 0.1) is 5.82 Å². The summed E-state index contributed by atoms with van der Waals surface area (Å²) in [5, 5.41) is 3.43. The third kappa shape index (κ3) is 3.85. The predicted octanol–water partition coefficient (Wildman–Crippen LogP) is 3.88. The van der Waals surface area contributed by atoms with E-state index in [0.29, 0.717) is 4.47 Å². The molecule has 19 heavy (non-hydrogen) atoms. The summed E-state index contributed by atoms with van der Waals surface area (Å²) in [5.74, 6) is -0.231. The molecule has 1 unspecified atom stereocenters. The SMILES string of the molecule is CCNC(Cc1ccc(F)c(Br)c1)c1cccnc1. The molecular weight excluding hydrogens is 307 g/mol. The zero-order chi connectivity index (χ0) is 13.7. The highest BCUT2D eigenvalue weighted by atomic mass is 79.9. The van der Waals surface area contributed by atoms with E-state index >= 15 is 0 Å². The zero-order valence-corrected chi connectivity index (χ0v) is 12.3. The maximum Gasteiger partial charge on any atom is 0.137 e. The van der Waals surface area contributed by atoms with Crippen LogP contribution in [-0.4, -0.2) is 11.5 Å². The lowest BCUT2D eigenvalue weighted by Gasteiger charge is -2.18. The first-order chi connectivity index (χ1) is 9.20. The first kappa shape index (κ1) is 14.2. The number of rotatable bonds is 5. The van der Waals surface area contributed by atoms with Gasteiger partial charge in [0.05, 0.1) is 4.47 Å². The van der Waals surface area contributed by atoms with Crippen LogP contribution in [0.1, 0.15) is 24.1 Å². The molecule has 1 N–H and O–H groups in total. The standard InChI is InChI=1S/C15H16BrFN2/c1-2-19-15(12-4-3-7-18-10-12)9-11-5-6-14(17)13(16)8-11/h3-8,10,15,19H,2,9H2,1H3. The Morgan fingerprint density at radius 1 is 1.37 bits per heavy atom. The summed E-state index contributed by atoms with van der Waals surface area (Å²) < 4.78 is 13.7. The van der Waals surface area contributed by atoms with Crippen LogP contribution in [0.2, 0.25) is 0 Å². The molecule has 0 aliphatic heterocycles. The van der Waals surface area contributed by atoms with Gasteiger partial charge in [-0.1, -0.05) is 19.1 Å². The second kappa shape index (κ2) is 6.78. The number of nitrogens with zero attached hydrogens (tertiary/aromatic N) is 1. The maximum atomic E-state index is 13.2. The maximum absolute atomic E-state index is 13.2. The fourth-order valence-electron chi connectivity index (χ4n) is 2.04. The van der Waals surface area contributed by atoms with Crippen LogP contribution < -0.4 is 5.32 Å². The highest BCUT2D eigenvalue weighted by molar-refractivity contribution is 9.10. The van der Waals surface area contributed by atoms with Crippen molar-refractivity contribution < 1.29 is 4.39 Å². The number of hydrogen-bond acceptors (Lipinski definition) is 2. The van der Waals surface area contributed by atoms with Crippen molar-refractivity contribution in [2.45, 2.75) is 19.4 Å². The van der Waals surface area contributed by atoms with E-state index < -0.39 is 0 Å². The van der Waals surface area contributed by atoms with Gasteiger partial charge in [0, 0.05) is 18.4 Å². The average molecular weight is 323 g/mol. The van der Waals surface area contributed by atoms with Gasteiger partial charge in [0.25, 0.3) is 0 Å². The predicted molar refractivity (Wildman–Crippen MR) is 78.5 cm³/mol. The van der Waals surface area contributed by atoms with Gasteiger partial charge in [-0.05, 0) is 58.2 Å². The first-order valence-electron chi connectivity index (χ1n) is 6.28. The van der Waals surface area contributed by atoms with Gasteiger partial charge in [-0.2, -0.15) is 0 Å². The molecule has 0 bridgehead atoms. The van der Waals surface area contributed by atoms with Gasteiger partial charge < -0.3 is 5.32 Å². The number of nitrogens with one attached hydrogen (secondary N) is 1. The molecule has 100 valence electrons. The molecule has 0 aliphatic carbocycles. The number of halogens is 2. The second-order valence-corrected chi connectivity index (χ2v) is 5.20. The summed E-state index contributed by atoms with van der Waals surface area (Å²) in [6.07, 6.45) is 4.44. The van der Waals surface area contributed by atoms with Crippen LogP contribution in [-0.2, 0) is 6.42 Å². The first-order valence-corrected chi connectivity index (χ1v) is 7.07. The summed E-state index contributed by atoms with van der Waals surface area (Å²) in [6, 6.07) is 9.32. The summed E-state index contributed by atoms with van der Waals surface area (Å²) in [4.78, 5) is 4.15. The largest absolute Gasteiger partial charge is 0.310 e. The third-order valence-electron chi connectivity index (χ3n) is 2.96. The molecule has 2 nitrogen and oxygen atoms in total. The minimum Gasteiger partial charge on any atom is -0.310 e. The third-order valence-corrected chi connectivity index (χ3v) is 3.57. The molecule has 0 spiro atoms. The molecular formula is C15H16BrFN2. The minimum absolute atomic E-state index is 0.191. The lowest BCUT2D eigenvalue weighted by Crippen LogP contribution is -2.23. The molecule has 2 rings (SSSR count). The molecule has 0 saturated carbocycles. The molecule has 0 saturated heterocycles.